The van der Waals surface area contributed by atoms with E-state index in [1.54, 1.807) is 19.1 Å². The van der Waals surface area contributed by atoms with E-state index in [0.29, 0.717) is 17.9 Å². The zero-order valence-electron chi connectivity index (χ0n) is 11.9. The minimum absolute atomic E-state index is 0.321. The summed E-state index contributed by atoms with van der Waals surface area (Å²) in [6, 6.07) is 11.2. The first-order chi connectivity index (χ1) is 10.0. The van der Waals surface area contributed by atoms with E-state index in [4.69, 9.17) is 10.5 Å². The highest BCUT2D eigenvalue weighted by molar-refractivity contribution is 9.10. The van der Waals surface area contributed by atoms with Gasteiger partial charge in [-0.15, -0.1) is 0 Å². The van der Waals surface area contributed by atoms with Gasteiger partial charge in [0.2, 0.25) is 0 Å². The zero-order chi connectivity index (χ0) is 15.4. The molecule has 0 aliphatic carbocycles. The number of hydrogen-bond acceptors (Lipinski definition) is 4. The lowest BCUT2D eigenvalue weighted by Gasteiger charge is -2.12. The molecule has 0 aliphatic rings. The van der Waals surface area contributed by atoms with E-state index in [9.17, 15) is 4.79 Å². The van der Waals surface area contributed by atoms with Gasteiger partial charge in [0.25, 0.3) is 0 Å². The quantitative estimate of drug-likeness (QED) is 0.639. The molecule has 0 bridgehead atoms. The van der Waals surface area contributed by atoms with Gasteiger partial charge >= 0.3 is 5.97 Å². The van der Waals surface area contributed by atoms with Gasteiger partial charge in [-0.2, -0.15) is 0 Å². The Morgan fingerprint density at radius 3 is 2.71 bits per heavy atom. The molecule has 0 spiro atoms. The average Bonchev–Trinajstić information content (AvgIpc) is 2.44. The molecule has 0 atom stereocenters. The van der Waals surface area contributed by atoms with Crippen LogP contribution in [-0.4, -0.2) is 12.6 Å². The first-order valence-corrected chi connectivity index (χ1v) is 7.40. The predicted octanol–water partition coefficient (Wildman–Crippen LogP) is 4.26. The fourth-order valence-electron chi connectivity index (χ4n) is 1.94. The summed E-state index contributed by atoms with van der Waals surface area (Å²) in [5, 5.41) is 3.28. The largest absolute Gasteiger partial charge is 0.462 e. The van der Waals surface area contributed by atoms with Crippen LogP contribution in [0.3, 0.4) is 0 Å². The molecule has 0 radical (unpaired) electrons. The molecule has 0 saturated carbocycles. The van der Waals surface area contributed by atoms with Gasteiger partial charge < -0.3 is 15.8 Å². The molecule has 3 N–H and O–H groups in total. The number of ether oxygens (including phenoxy) is 1. The number of anilines is 3. The molecular weight excluding hydrogens is 332 g/mol. The van der Waals surface area contributed by atoms with E-state index in [1.165, 1.54) is 0 Å². The topological polar surface area (TPSA) is 64.3 Å². The number of carbonyl (C=O) groups is 1. The number of aryl methyl sites for hydroxylation is 1. The number of carbonyl (C=O) groups excluding carboxylic acids is 1. The Hall–Kier alpha value is -2.01. The highest BCUT2D eigenvalue weighted by atomic mass is 79.9. The van der Waals surface area contributed by atoms with Crippen LogP contribution >= 0.6 is 15.9 Å². The van der Waals surface area contributed by atoms with Gasteiger partial charge in [-0.05, 0) is 55.8 Å². The minimum Gasteiger partial charge on any atom is -0.462 e. The summed E-state index contributed by atoms with van der Waals surface area (Å²) in [5.41, 5.74) is 9.47. The molecule has 0 heterocycles. The summed E-state index contributed by atoms with van der Waals surface area (Å²) in [6.07, 6.45) is 0. The van der Waals surface area contributed by atoms with Crippen LogP contribution in [0.25, 0.3) is 0 Å². The van der Waals surface area contributed by atoms with Crippen molar-refractivity contribution in [1.82, 2.24) is 0 Å². The van der Waals surface area contributed by atoms with E-state index in [2.05, 4.69) is 21.2 Å². The molecule has 0 unspecified atom stereocenters. The van der Waals surface area contributed by atoms with Crippen LogP contribution in [0.5, 0.6) is 0 Å². The number of nitrogens with one attached hydrogen (secondary N) is 1. The lowest BCUT2D eigenvalue weighted by molar-refractivity contribution is 0.0527. The number of nitrogens with two attached hydrogens (primary N) is 1. The molecule has 0 aliphatic heterocycles. The fourth-order valence-corrected chi connectivity index (χ4v) is 2.42. The van der Waals surface area contributed by atoms with Crippen molar-refractivity contribution in [3.05, 3.63) is 52.0 Å². The van der Waals surface area contributed by atoms with Crippen LogP contribution < -0.4 is 11.1 Å². The number of esters is 1. The number of hydrogen-bond donors (Lipinski definition) is 2. The third-order valence-electron chi connectivity index (χ3n) is 3.02. The summed E-state index contributed by atoms with van der Waals surface area (Å²) >= 11 is 3.43. The fraction of sp³-hybridized carbons (Fsp3) is 0.188. The molecule has 0 aromatic heterocycles. The number of halogens is 1. The Bertz CT molecular complexity index is 671. The van der Waals surface area contributed by atoms with Crippen molar-refractivity contribution >= 4 is 39.0 Å². The summed E-state index contributed by atoms with van der Waals surface area (Å²) in [6.45, 7) is 4.10. The van der Waals surface area contributed by atoms with E-state index in [0.717, 1.165) is 21.4 Å². The van der Waals surface area contributed by atoms with Crippen molar-refractivity contribution in [2.45, 2.75) is 13.8 Å². The van der Waals surface area contributed by atoms with Gasteiger partial charge in [0.1, 0.15) is 0 Å². The summed E-state index contributed by atoms with van der Waals surface area (Å²) < 4.78 is 6.02. The van der Waals surface area contributed by atoms with Crippen molar-refractivity contribution in [2.75, 3.05) is 17.7 Å². The molecule has 2 rings (SSSR count). The van der Waals surface area contributed by atoms with Gasteiger partial charge in [0, 0.05) is 21.5 Å². The molecule has 2 aromatic carbocycles. The van der Waals surface area contributed by atoms with Crippen LogP contribution in [0, 0.1) is 6.92 Å². The molecular formula is C16H17BrN2O2. The highest BCUT2D eigenvalue weighted by Crippen LogP contribution is 2.26. The van der Waals surface area contributed by atoms with E-state index in [1.807, 2.05) is 31.2 Å². The van der Waals surface area contributed by atoms with Gasteiger partial charge in [0.05, 0.1) is 12.2 Å². The molecule has 2 aromatic rings. The van der Waals surface area contributed by atoms with Crippen LogP contribution in [0.1, 0.15) is 22.8 Å². The van der Waals surface area contributed by atoms with Crippen LogP contribution in [0.4, 0.5) is 17.1 Å². The van der Waals surface area contributed by atoms with Crippen molar-refractivity contribution in [2.24, 2.45) is 0 Å². The lowest BCUT2D eigenvalue weighted by Crippen LogP contribution is -2.08. The van der Waals surface area contributed by atoms with Gasteiger partial charge in [0.15, 0.2) is 0 Å². The third-order valence-corrected chi connectivity index (χ3v) is 3.51. The smallest absolute Gasteiger partial charge is 0.340 e. The number of nitrogen functional groups attached to an aromatic ring is 1. The Morgan fingerprint density at radius 2 is 2.05 bits per heavy atom. The van der Waals surface area contributed by atoms with Gasteiger partial charge in [-0.25, -0.2) is 4.79 Å². The van der Waals surface area contributed by atoms with E-state index < -0.39 is 5.97 Å². The van der Waals surface area contributed by atoms with E-state index >= 15 is 0 Å². The molecule has 0 amide bonds. The monoisotopic (exact) mass is 348 g/mol. The molecule has 110 valence electrons. The van der Waals surface area contributed by atoms with Crippen molar-refractivity contribution < 1.29 is 9.53 Å². The van der Waals surface area contributed by atoms with Crippen LogP contribution in [-0.2, 0) is 4.74 Å². The Labute approximate surface area is 132 Å². The normalized spacial score (nSPS) is 10.2. The van der Waals surface area contributed by atoms with Crippen molar-refractivity contribution in [3.8, 4) is 0 Å². The average molecular weight is 349 g/mol. The maximum Gasteiger partial charge on any atom is 0.340 e. The summed E-state index contributed by atoms with van der Waals surface area (Å²) in [7, 11) is 0. The zero-order valence-corrected chi connectivity index (χ0v) is 13.5. The number of rotatable bonds is 4. The molecule has 5 heteroatoms. The van der Waals surface area contributed by atoms with Crippen LogP contribution in [0.15, 0.2) is 40.9 Å². The summed E-state index contributed by atoms with van der Waals surface area (Å²) in [4.78, 5) is 11.8. The highest BCUT2D eigenvalue weighted by Gasteiger charge is 2.12. The second kappa shape index (κ2) is 6.63. The maximum absolute atomic E-state index is 11.8. The maximum atomic E-state index is 11.8. The lowest BCUT2D eigenvalue weighted by atomic mass is 10.1. The first kappa shape index (κ1) is 15.4. The first-order valence-electron chi connectivity index (χ1n) is 6.61. The third kappa shape index (κ3) is 3.76. The molecule has 4 nitrogen and oxygen atoms in total. The summed E-state index contributed by atoms with van der Waals surface area (Å²) in [5.74, 6) is -0.411. The van der Waals surface area contributed by atoms with Gasteiger partial charge in [-0.3, -0.25) is 0 Å². The predicted molar refractivity (Wildman–Crippen MR) is 89.0 cm³/mol. The van der Waals surface area contributed by atoms with E-state index in [-0.39, 0.29) is 0 Å². The standard InChI is InChI=1S/C16H17BrN2O2/c1-3-21-16(20)13-9-12(5-6-14(13)18)19-15-7-4-11(17)8-10(15)2/h4-9,19H,3,18H2,1-2H3. The Balaban J connectivity index is 2.28. The van der Waals surface area contributed by atoms with Crippen molar-refractivity contribution in [1.29, 1.82) is 0 Å². The van der Waals surface area contributed by atoms with Gasteiger partial charge in [-0.1, -0.05) is 15.9 Å². The molecule has 0 saturated heterocycles. The van der Waals surface area contributed by atoms with Crippen LogP contribution in [0.2, 0.25) is 0 Å². The molecule has 21 heavy (non-hydrogen) atoms. The Morgan fingerprint density at radius 1 is 1.29 bits per heavy atom. The SMILES string of the molecule is CCOC(=O)c1cc(Nc2ccc(Br)cc2C)ccc1N. The van der Waals surface area contributed by atoms with Crippen molar-refractivity contribution in [3.63, 3.8) is 0 Å². The molecule has 0 fully saturated rings. The second-order valence-electron chi connectivity index (χ2n) is 4.61. The second-order valence-corrected chi connectivity index (χ2v) is 5.52. The Kier molecular flexibility index (Phi) is 4.85. The minimum atomic E-state index is -0.411. The number of benzene rings is 2.